The van der Waals surface area contributed by atoms with Crippen LogP contribution in [0, 0.1) is 0 Å². The third-order valence-electron chi connectivity index (χ3n) is 3.65. The fourth-order valence-electron chi connectivity index (χ4n) is 2.25. The Morgan fingerprint density at radius 1 is 1.17 bits per heavy atom. The standard InChI is InChI=1S/C16H14F5N5OS2/c1-26-10-23-25-16(26)28-9-11-5-6-22-14(7-11)24-15(27)12-3-2-4-13(8-12)29(17,18,19,20)21/h2-8,10H,9H2,1H3,(H,22,24,27). The van der Waals surface area contributed by atoms with Gasteiger partial charge in [0.05, 0.1) is 0 Å². The molecule has 0 aliphatic rings. The SMILES string of the molecule is Cn1cnnc1SCc1ccnc(NC(=O)c2cccc(S(F)(F)(F)(F)F)c2)c1. The van der Waals surface area contributed by atoms with E-state index in [-0.39, 0.29) is 18.0 Å². The van der Waals surface area contributed by atoms with Gasteiger partial charge in [0.25, 0.3) is 5.91 Å². The highest BCUT2D eigenvalue weighted by Crippen LogP contribution is 3.02. The lowest BCUT2D eigenvalue weighted by atomic mass is 10.2. The molecule has 2 aromatic heterocycles. The summed E-state index contributed by atoms with van der Waals surface area (Å²) in [5.41, 5.74) is 0.195. The number of carbonyl (C=O) groups is 1. The van der Waals surface area contributed by atoms with Crippen molar-refractivity contribution in [1.29, 1.82) is 0 Å². The molecule has 0 spiro atoms. The zero-order valence-corrected chi connectivity index (χ0v) is 16.4. The van der Waals surface area contributed by atoms with Crippen LogP contribution in [0.2, 0.25) is 0 Å². The summed E-state index contributed by atoms with van der Waals surface area (Å²) < 4.78 is 66.4. The summed E-state index contributed by atoms with van der Waals surface area (Å²) in [4.78, 5) is 14.0. The van der Waals surface area contributed by atoms with Gasteiger partial charge in [0, 0.05) is 24.6 Å². The number of hydrogen-bond acceptors (Lipinski definition) is 5. The van der Waals surface area contributed by atoms with Gasteiger partial charge >= 0.3 is 10.2 Å². The van der Waals surface area contributed by atoms with E-state index in [1.807, 2.05) is 0 Å². The van der Waals surface area contributed by atoms with Crippen molar-refractivity contribution in [3.63, 3.8) is 0 Å². The van der Waals surface area contributed by atoms with Gasteiger partial charge < -0.3 is 9.88 Å². The lowest BCUT2D eigenvalue weighted by molar-refractivity contribution is 0.102. The Balaban J connectivity index is 1.74. The highest BCUT2D eigenvalue weighted by molar-refractivity contribution is 8.45. The fraction of sp³-hybridized carbons (Fsp3) is 0.125. The number of nitrogens with zero attached hydrogens (tertiary/aromatic N) is 4. The first-order chi connectivity index (χ1) is 13.3. The van der Waals surface area contributed by atoms with E-state index in [2.05, 4.69) is 20.5 Å². The van der Waals surface area contributed by atoms with Crippen molar-refractivity contribution in [2.75, 3.05) is 5.32 Å². The normalized spacial score (nSPS) is 14.1. The number of halogens is 5. The second-order valence-corrected chi connectivity index (χ2v) is 9.37. The molecular weight excluding hydrogens is 437 g/mol. The zero-order valence-electron chi connectivity index (χ0n) is 14.7. The van der Waals surface area contributed by atoms with Gasteiger partial charge in [-0.15, -0.1) is 10.2 Å². The van der Waals surface area contributed by atoms with Crippen molar-refractivity contribution in [3.8, 4) is 0 Å². The average Bonchev–Trinajstić information content (AvgIpc) is 3.03. The van der Waals surface area contributed by atoms with Crippen LogP contribution >= 0.6 is 22.0 Å². The zero-order chi connectivity index (χ0) is 21.3. The van der Waals surface area contributed by atoms with Gasteiger partial charge in [-0.3, -0.25) is 4.79 Å². The molecule has 156 valence electrons. The van der Waals surface area contributed by atoms with Crippen molar-refractivity contribution in [2.24, 2.45) is 7.05 Å². The van der Waals surface area contributed by atoms with Crippen LogP contribution < -0.4 is 5.32 Å². The number of anilines is 1. The molecule has 6 nitrogen and oxygen atoms in total. The predicted octanol–water partition coefficient (Wildman–Crippen LogP) is 5.41. The summed E-state index contributed by atoms with van der Waals surface area (Å²) >= 11 is 1.38. The van der Waals surface area contributed by atoms with E-state index in [1.165, 1.54) is 24.0 Å². The minimum Gasteiger partial charge on any atom is -0.312 e. The Labute approximate surface area is 166 Å². The molecule has 0 aliphatic heterocycles. The summed E-state index contributed by atoms with van der Waals surface area (Å²) in [5.74, 6) is -0.444. The lowest BCUT2D eigenvalue weighted by Gasteiger charge is -2.40. The summed E-state index contributed by atoms with van der Waals surface area (Å²) in [5, 5.41) is 10.7. The van der Waals surface area contributed by atoms with Crippen LogP contribution in [0.3, 0.4) is 0 Å². The van der Waals surface area contributed by atoms with Crippen LogP contribution in [0.1, 0.15) is 15.9 Å². The largest absolute Gasteiger partial charge is 0.312 e. The summed E-state index contributed by atoms with van der Waals surface area (Å²) in [6, 6.07) is 5.34. The maximum atomic E-state index is 12.9. The van der Waals surface area contributed by atoms with Crippen LogP contribution in [0.5, 0.6) is 0 Å². The van der Waals surface area contributed by atoms with Gasteiger partial charge in [0.2, 0.25) is 0 Å². The fourth-order valence-corrected chi connectivity index (χ4v) is 3.77. The van der Waals surface area contributed by atoms with Gasteiger partial charge in [0.1, 0.15) is 17.0 Å². The molecule has 29 heavy (non-hydrogen) atoms. The molecule has 0 unspecified atom stereocenters. The van der Waals surface area contributed by atoms with Crippen LogP contribution in [-0.4, -0.2) is 25.7 Å². The minimum atomic E-state index is -9.88. The van der Waals surface area contributed by atoms with Crippen LogP contribution in [0.25, 0.3) is 0 Å². The quantitative estimate of drug-likeness (QED) is 0.401. The first-order valence-electron chi connectivity index (χ1n) is 7.89. The molecule has 0 fully saturated rings. The third-order valence-corrected chi connectivity index (χ3v) is 5.90. The Bertz CT molecular complexity index is 1070. The van der Waals surface area contributed by atoms with Crippen molar-refractivity contribution < 1.29 is 24.2 Å². The number of carbonyl (C=O) groups excluding carboxylic acids is 1. The smallest absolute Gasteiger partial charge is 0.310 e. The van der Waals surface area contributed by atoms with Crippen molar-refractivity contribution in [2.45, 2.75) is 15.8 Å². The molecule has 0 atom stereocenters. The Kier molecular flexibility index (Phi) is 4.86. The number of nitrogens with one attached hydrogen (secondary N) is 1. The van der Waals surface area contributed by atoms with Crippen LogP contribution in [0.15, 0.2) is 59.0 Å². The summed E-state index contributed by atoms with van der Waals surface area (Å²) in [6.45, 7) is 0. The van der Waals surface area contributed by atoms with E-state index < -0.39 is 26.6 Å². The molecule has 1 aromatic carbocycles. The monoisotopic (exact) mass is 451 g/mol. The molecule has 1 amide bonds. The van der Waals surface area contributed by atoms with E-state index in [4.69, 9.17) is 0 Å². The number of aromatic nitrogens is 4. The number of benzene rings is 1. The molecule has 1 N–H and O–H groups in total. The summed E-state index contributed by atoms with van der Waals surface area (Å²) in [6.07, 6.45) is 2.95. The van der Waals surface area contributed by atoms with Gasteiger partial charge in [-0.25, -0.2) is 4.98 Å². The van der Waals surface area contributed by atoms with E-state index >= 15 is 0 Å². The number of aryl methyl sites for hydroxylation is 1. The topological polar surface area (TPSA) is 72.7 Å². The second-order valence-electron chi connectivity index (χ2n) is 6.01. The number of rotatable bonds is 6. The van der Waals surface area contributed by atoms with Crippen molar-refractivity contribution in [3.05, 3.63) is 60.0 Å². The number of thioether (sulfide) groups is 1. The highest BCUT2D eigenvalue weighted by Gasteiger charge is 2.65. The molecule has 3 rings (SSSR count). The first kappa shape index (κ1) is 21.0. The van der Waals surface area contributed by atoms with Crippen molar-refractivity contribution >= 4 is 33.7 Å². The third kappa shape index (κ3) is 5.44. The highest BCUT2D eigenvalue weighted by atomic mass is 32.5. The van der Waals surface area contributed by atoms with Gasteiger partial charge in [-0.1, -0.05) is 37.3 Å². The maximum absolute atomic E-state index is 12.9. The first-order valence-corrected chi connectivity index (χ1v) is 10.8. The molecule has 0 aliphatic carbocycles. The van der Waals surface area contributed by atoms with E-state index in [1.54, 1.807) is 24.0 Å². The summed E-state index contributed by atoms with van der Waals surface area (Å²) in [7, 11) is -8.10. The Hall–Kier alpha value is -2.67. The molecule has 0 bridgehead atoms. The lowest BCUT2D eigenvalue weighted by Crippen LogP contribution is -2.14. The Morgan fingerprint density at radius 2 is 1.93 bits per heavy atom. The van der Waals surface area contributed by atoms with E-state index in [9.17, 15) is 24.2 Å². The van der Waals surface area contributed by atoms with E-state index in [0.717, 1.165) is 17.7 Å². The van der Waals surface area contributed by atoms with Gasteiger partial charge in [-0.2, -0.15) is 0 Å². The van der Waals surface area contributed by atoms with E-state index in [0.29, 0.717) is 10.9 Å². The van der Waals surface area contributed by atoms with Crippen molar-refractivity contribution in [1.82, 2.24) is 19.7 Å². The maximum Gasteiger partial charge on any atom is 0.310 e. The van der Waals surface area contributed by atoms with Crippen LogP contribution in [-0.2, 0) is 12.8 Å². The van der Waals surface area contributed by atoms with Gasteiger partial charge in [-0.05, 0) is 35.9 Å². The molecular formula is C16H14F5N5OS2. The minimum absolute atomic E-state index is 0.0730. The molecule has 3 aromatic rings. The average molecular weight is 451 g/mol. The Morgan fingerprint density at radius 3 is 2.59 bits per heavy atom. The van der Waals surface area contributed by atoms with Crippen LogP contribution in [0.4, 0.5) is 25.2 Å². The number of hydrogen-bond donors (Lipinski definition) is 1. The van der Waals surface area contributed by atoms with Gasteiger partial charge in [0.15, 0.2) is 5.16 Å². The molecule has 0 saturated carbocycles. The molecule has 13 heteroatoms. The second kappa shape index (κ2) is 6.69. The molecule has 0 radical (unpaired) electrons. The number of amides is 1. The molecule has 2 heterocycles. The predicted molar refractivity (Wildman–Crippen MR) is 101 cm³/mol. The number of pyridine rings is 1. The molecule has 0 saturated heterocycles.